The molecule has 1 N–H and O–H groups in total. The number of ketones is 1. The number of ether oxygens (including phenoxy) is 1. The summed E-state index contributed by atoms with van der Waals surface area (Å²) in [5, 5.41) is 4.64. The summed E-state index contributed by atoms with van der Waals surface area (Å²) in [4.78, 5) is 40.0. The van der Waals surface area contributed by atoms with Gasteiger partial charge >= 0.3 is 6.03 Å². The number of nitrogens with zero attached hydrogens (tertiary/aromatic N) is 1. The van der Waals surface area contributed by atoms with Crippen LogP contribution in [0.1, 0.15) is 22.8 Å². The highest BCUT2D eigenvalue weighted by Gasteiger charge is 2.50. The molecule has 6 heteroatoms. The molecule has 1 heterocycles. The number of carbonyl (C=O) groups excluding carboxylic acids is 3. The molecule has 0 radical (unpaired) electrons. The zero-order valence-corrected chi connectivity index (χ0v) is 18.5. The Bertz CT molecular complexity index is 1390. The minimum Gasteiger partial charge on any atom is -0.457 e. The maximum atomic E-state index is 13.4. The lowest BCUT2D eigenvalue weighted by Gasteiger charge is -2.24. The summed E-state index contributed by atoms with van der Waals surface area (Å²) in [6.45, 7) is 1.33. The van der Waals surface area contributed by atoms with E-state index in [2.05, 4.69) is 5.32 Å². The molecule has 4 aromatic rings. The number of hydrogen-bond acceptors (Lipinski definition) is 4. The highest BCUT2D eigenvalue weighted by atomic mass is 16.5. The van der Waals surface area contributed by atoms with Crippen LogP contribution in [0.15, 0.2) is 97.1 Å². The van der Waals surface area contributed by atoms with Crippen molar-refractivity contribution in [3.8, 4) is 11.5 Å². The van der Waals surface area contributed by atoms with Crippen LogP contribution in [0.5, 0.6) is 11.5 Å². The van der Waals surface area contributed by atoms with E-state index in [-0.39, 0.29) is 12.3 Å². The number of rotatable bonds is 6. The number of fused-ring (bicyclic) bond motifs is 1. The second-order valence-corrected chi connectivity index (χ2v) is 8.34. The van der Waals surface area contributed by atoms with Crippen LogP contribution >= 0.6 is 0 Å². The normalized spacial score (nSPS) is 17.6. The predicted molar refractivity (Wildman–Crippen MR) is 129 cm³/mol. The molecule has 168 valence electrons. The van der Waals surface area contributed by atoms with Gasteiger partial charge in [0.15, 0.2) is 5.78 Å². The molecule has 5 rings (SSSR count). The molecule has 3 amide bonds. The molecule has 0 saturated carbocycles. The fourth-order valence-electron chi connectivity index (χ4n) is 4.25. The third kappa shape index (κ3) is 3.79. The number of hydrogen-bond donors (Lipinski definition) is 1. The van der Waals surface area contributed by atoms with Gasteiger partial charge < -0.3 is 10.1 Å². The van der Waals surface area contributed by atoms with Crippen molar-refractivity contribution in [2.75, 3.05) is 6.54 Å². The topological polar surface area (TPSA) is 75.7 Å². The van der Waals surface area contributed by atoms with Crippen LogP contribution in [0.2, 0.25) is 0 Å². The van der Waals surface area contributed by atoms with Gasteiger partial charge in [0.2, 0.25) is 0 Å². The van der Waals surface area contributed by atoms with E-state index >= 15 is 0 Å². The molecule has 34 heavy (non-hydrogen) atoms. The fourth-order valence-corrected chi connectivity index (χ4v) is 4.25. The Labute approximate surface area is 196 Å². The van der Waals surface area contributed by atoms with Crippen molar-refractivity contribution in [3.63, 3.8) is 0 Å². The molecule has 0 spiro atoms. The third-order valence-electron chi connectivity index (χ3n) is 6.06. The Kier molecular flexibility index (Phi) is 5.34. The smallest absolute Gasteiger partial charge is 0.325 e. The van der Waals surface area contributed by atoms with Gasteiger partial charge in [-0.05, 0) is 59.7 Å². The molecule has 0 unspecified atom stereocenters. The van der Waals surface area contributed by atoms with Crippen molar-refractivity contribution in [1.29, 1.82) is 0 Å². The van der Waals surface area contributed by atoms with Crippen LogP contribution in [0.4, 0.5) is 4.79 Å². The first-order valence-corrected chi connectivity index (χ1v) is 10.9. The van der Waals surface area contributed by atoms with Crippen molar-refractivity contribution in [3.05, 3.63) is 108 Å². The second kappa shape index (κ2) is 8.48. The number of Topliss-reactive ketones (excluding diaryl/α,β-unsaturated/α-hetero) is 1. The lowest BCUT2D eigenvalue weighted by Crippen LogP contribution is -2.41. The van der Waals surface area contributed by atoms with Crippen molar-refractivity contribution in [2.24, 2.45) is 0 Å². The second-order valence-electron chi connectivity index (χ2n) is 8.34. The first-order valence-electron chi connectivity index (χ1n) is 10.9. The first-order chi connectivity index (χ1) is 16.5. The number of amides is 3. The van der Waals surface area contributed by atoms with Crippen LogP contribution in [-0.2, 0) is 10.3 Å². The molecule has 1 atom stereocenters. The van der Waals surface area contributed by atoms with Crippen LogP contribution in [-0.4, -0.2) is 29.2 Å². The van der Waals surface area contributed by atoms with Gasteiger partial charge in [0, 0.05) is 5.56 Å². The maximum absolute atomic E-state index is 13.4. The molecule has 4 aromatic carbocycles. The van der Waals surface area contributed by atoms with E-state index in [0.29, 0.717) is 22.6 Å². The number of nitrogens with one attached hydrogen (secondary N) is 1. The van der Waals surface area contributed by atoms with Gasteiger partial charge in [0.25, 0.3) is 5.91 Å². The van der Waals surface area contributed by atoms with E-state index in [1.165, 1.54) is 0 Å². The minimum atomic E-state index is -1.26. The zero-order valence-electron chi connectivity index (χ0n) is 18.5. The Morgan fingerprint density at radius 3 is 2.24 bits per heavy atom. The Hall–Kier alpha value is -4.45. The lowest BCUT2D eigenvalue weighted by molar-refractivity contribution is -0.130. The van der Waals surface area contributed by atoms with Gasteiger partial charge in [-0.1, -0.05) is 60.7 Å². The molecule has 1 fully saturated rings. The van der Waals surface area contributed by atoms with Gasteiger partial charge in [0.1, 0.15) is 17.0 Å². The number of para-hydroxylation sites is 1. The van der Waals surface area contributed by atoms with Gasteiger partial charge in [-0.25, -0.2) is 4.79 Å². The lowest BCUT2D eigenvalue weighted by atomic mass is 9.88. The van der Waals surface area contributed by atoms with Crippen LogP contribution in [0.3, 0.4) is 0 Å². The first kappa shape index (κ1) is 21.4. The van der Waals surface area contributed by atoms with Crippen LogP contribution < -0.4 is 10.1 Å². The SMILES string of the molecule is C[C@@]1(c2cccc3ccccc23)NC(=O)N(CC(=O)c2ccc(Oc3ccccc3)cc2)C1=O. The Balaban J connectivity index is 1.34. The summed E-state index contributed by atoms with van der Waals surface area (Å²) in [5.74, 6) is 0.484. The quantitative estimate of drug-likeness (QED) is 0.320. The van der Waals surface area contributed by atoms with E-state index in [1.807, 2.05) is 72.8 Å². The molecule has 1 aliphatic rings. The van der Waals surface area contributed by atoms with E-state index in [9.17, 15) is 14.4 Å². The molecular formula is C28H22N2O4. The summed E-state index contributed by atoms with van der Waals surface area (Å²) in [5.41, 5.74) is -0.174. The van der Waals surface area contributed by atoms with Crippen molar-refractivity contribution in [2.45, 2.75) is 12.5 Å². The third-order valence-corrected chi connectivity index (χ3v) is 6.06. The molecule has 6 nitrogen and oxygen atoms in total. The van der Waals surface area contributed by atoms with E-state index in [4.69, 9.17) is 4.74 Å². The highest BCUT2D eigenvalue weighted by Crippen LogP contribution is 2.34. The molecular weight excluding hydrogens is 428 g/mol. The highest BCUT2D eigenvalue weighted by molar-refractivity contribution is 6.12. The number of benzene rings is 4. The van der Waals surface area contributed by atoms with Crippen molar-refractivity contribution in [1.82, 2.24) is 10.2 Å². The van der Waals surface area contributed by atoms with Gasteiger partial charge in [-0.15, -0.1) is 0 Å². The Morgan fingerprint density at radius 2 is 1.47 bits per heavy atom. The molecule has 1 aliphatic heterocycles. The average molecular weight is 450 g/mol. The van der Waals surface area contributed by atoms with E-state index in [1.54, 1.807) is 31.2 Å². The van der Waals surface area contributed by atoms with Crippen molar-refractivity contribution < 1.29 is 19.1 Å². The van der Waals surface area contributed by atoms with Crippen molar-refractivity contribution >= 4 is 28.5 Å². The standard InChI is InChI=1S/C28H22N2O4/c1-28(24-13-7-9-19-8-5-6-12-23(19)24)26(32)30(27(33)29-28)18-25(31)20-14-16-22(17-15-20)34-21-10-3-2-4-11-21/h2-17H,18H2,1H3,(H,29,33)/t28-/m0/s1. The summed E-state index contributed by atoms with van der Waals surface area (Å²) in [7, 11) is 0. The molecule has 0 aliphatic carbocycles. The summed E-state index contributed by atoms with van der Waals surface area (Å²) < 4.78 is 5.75. The van der Waals surface area contributed by atoms with E-state index < -0.39 is 17.5 Å². The molecule has 1 saturated heterocycles. The van der Waals surface area contributed by atoms with Crippen LogP contribution in [0, 0.1) is 0 Å². The number of urea groups is 1. The van der Waals surface area contributed by atoms with Gasteiger partial charge in [0.05, 0.1) is 6.54 Å². The molecule has 0 bridgehead atoms. The minimum absolute atomic E-state index is 0.336. The van der Waals surface area contributed by atoms with Gasteiger partial charge in [-0.2, -0.15) is 0 Å². The summed E-state index contributed by atoms with van der Waals surface area (Å²) in [6, 6.07) is 28.7. The number of carbonyl (C=O) groups is 3. The fraction of sp³-hybridized carbons (Fsp3) is 0.107. The number of imide groups is 1. The zero-order chi connectivity index (χ0) is 23.7. The molecule has 0 aromatic heterocycles. The predicted octanol–water partition coefficient (Wildman–Crippen LogP) is 5.28. The largest absolute Gasteiger partial charge is 0.457 e. The summed E-state index contributed by atoms with van der Waals surface area (Å²) >= 11 is 0. The van der Waals surface area contributed by atoms with Crippen LogP contribution in [0.25, 0.3) is 10.8 Å². The van der Waals surface area contributed by atoms with Gasteiger partial charge in [-0.3, -0.25) is 14.5 Å². The average Bonchev–Trinajstić information content (AvgIpc) is 3.08. The summed E-state index contributed by atoms with van der Waals surface area (Å²) in [6.07, 6.45) is 0. The monoisotopic (exact) mass is 450 g/mol. The maximum Gasteiger partial charge on any atom is 0.325 e. The Morgan fingerprint density at radius 1 is 0.824 bits per heavy atom. The van der Waals surface area contributed by atoms with E-state index in [0.717, 1.165) is 15.7 Å².